The number of rotatable bonds is 4. The fraction of sp³-hybridized carbons (Fsp3) is 0.250. The Hall–Kier alpha value is -1.75. The Kier molecular flexibility index (Phi) is 3.75. The number of hydrogen-bond acceptors (Lipinski definition) is 2. The molecule has 0 spiro atoms. The molecular weight excluding hydrogens is 172 g/mol. The van der Waals surface area contributed by atoms with Crippen molar-refractivity contribution < 1.29 is 0 Å². The van der Waals surface area contributed by atoms with Crippen LogP contribution >= 0.6 is 0 Å². The second-order valence-electron chi connectivity index (χ2n) is 3.09. The molecule has 0 fully saturated rings. The summed E-state index contributed by atoms with van der Waals surface area (Å²) in [6, 6.07) is 10.2. The van der Waals surface area contributed by atoms with E-state index in [9.17, 15) is 0 Å². The van der Waals surface area contributed by atoms with E-state index in [1.807, 2.05) is 31.3 Å². The van der Waals surface area contributed by atoms with Gasteiger partial charge in [-0.3, -0.25) is 0 Å². The van der Waals surface area contributed by atoms with E-state index in [2.05, 4.69) is 18.0 Å². The molecule has 14 heavy (non-hydrogen) atoms. The zero-order valence-corrected chi connectivity index (χ0v) is 8.38. The van der Waals surface area contributed by atoms with Gasteiger partial charge in [-0.2, -0.15) is 5.26 Å². The van der Waals surface area contributed by atoms with Crippen LogP contribution in [0.2, 0.25) is 0 Å². The summed E-state index contributed by atoms with van der Waals surface area (Å²) >= 11 is 0. The zero-order chi connectivity index (χ0) is 10.4. The van der Waals surface area contributed by atoms with Gasteiger partial charge in [-0.15, -0.1) is 0 Å². The summed E-state index contributed by atoms with van der Waals surface area (Å²) in [5, 5.41) is 11.5. The molecule has 0 amide bonds. The summed E-state index contributed by atoms with van der Waals surface area (Å²) in [6.07, 6.45) is 1.28. The highest BCUT2D eigenvalue weighted by molar-refractivity contribution is 5.65. The average Bonchev–Trinajstić information content (AvgIpc) is 2.26. The minimum atomic E-state index is 0.534. The van der Waals surface area contributed by atoms with E-state index < -0.39 is 0 Å². The molecule has 1 aromatic carbocycles. The van der Waals surface area contributed by atoms with Gasteiger partial charge in [0.15, 0.2) is 0 Å². The topological polar surface area (TPSA) is 35.8 Å². The Balaban J connectivity index is 2.67. The molecular formula is C12H14N2. The lowest BCUT2D eigenvalue weighted by molar-refractivity contribution is 1.08. The van der Waals surface area contributed by atoms with Crippen LogP contribution < -0.4 is 5.32 Å². The van der Waals surface area contributed by atoms with E-state index in [1.165, 1.54) is 0 Å². The van der Waals surface area contributed by atoms with E-state index in [1.54, 1.807) is 0 Å². The minimum absolute atomic E-state index is 0.534. The van der Waals surface area contributed by atoms with Gasteiger partial charge in [0.25, 0.3) is 0 Å². The Morgan fingerprint density at radius 2 is 2.07 bits per heavy atom. The molecule has 1 N–H and O–H groups in total. The van der Waals surface area contributed by atoms with E-state index in [4.69, 9.17) is 5.26 Å². The highest BCUT2D eigenvalue weighted by Crippen LogP contribution is 2.19. The number of nitriles is 1. The Labute approximate surface area is 84.9 Å². The van der Waals surface area contributed by atoms with Crippen LogP contribution in [0.15, 0.2) is 30.8 Å². The summed E-state index contributed by atoms with van der Waals surface area (Å²) in [6.45, 7) is 3.95. The summed E-state index contributed by atoms with van der Waals surface area (Å²) in [4.78, 5) is 0. The SMILES string of the molecule is C=C(CCC#N)c1ccc(NC)cc1. The number of nitrogens with zero attached hydrogens (tertiary/aromatic N) is 1. The molecule has 0 aliphatic rings. The Morgan fingerprint density at radius 3 is 2.57 bits per heavy atom. The van der Waals surface area contributed by atoms with Crippen molar-refractivity contribution in [3.8, 4) is 6.07 Å². The molecule has 0 unspecified atom stereocenters. The third kappa shape index (κ3) is 2.63. The number of anilines is 1. The first kappa shape index (κ1) is 10.3. The number of nitrogens with one attached hydrogen (secondary N) is 1. The molecule has 1 rings (SSSR count). The molecule has 0 heterocycles. The van der Waals surface area contributed by atoms with Crippen molar-refractivity contribution in [1.82, 2.24) is 0 Å². The molecule has 72 valence electrons. The maximum Gasteiger partial charge on any atom is 0.0625 e. The van der Waals surface area contributed by atoms with Crippen molar-refractivity contribution in [3.05, 3.63) is 36.4 Å². The smallest absolute Gasteiger partial charge is 0.0625 e. The average molecular weight is 186 g/mol. The predicted molar refractivity (Wildman–Crippen MR) is 59.9 cm³/mol. The van der Waals surface area contributed by atoms with E-state index >= 15 is 0 Å². The molecule has 0 aromatic heterocycles. The molecule has 1 aromatic rings. The first-order chi connectivity index (χ1) is 6.77. The van der Waals surface area contributed by atoms with Crippen molar-refractivity contribution in [2.75, 3.05) is 12.4 Å². The van der Waals surface area contributed by atoms with Crippen LogP contribution in [0.4, 0.5) is 5.69 Å². The molecule has 0 aliphatic carbocycles. The number of benzene rings is 1. The highest BCUT2D eigenvalue weighted by Gasteiger charge is 1.98. The van der Waals surface area contributed by atoms with Gasteiger partial charge in [0.1, 0.15) is 0 Å². The maximum atomic E-state index is 8.44. The van der Waals surface area contributed by atoms with Gasteiger partial charge >= 0.3 is 0 Å². The van der Waals surface area contributed by atoms with Crippen molar-refractivity contribution in [1.29, 1.82) is 5.26 Å². The zero-order valence-electron chi connectivity index (χ0n) is 8.38. The van der Waals surface area contributed by atoms with Gasteiger partial charge in [-0.25, -0.2) is 0 Å². The van der Waals surface area contributed by atoms with E-state index in [0.29, 0.717) is 6.42 Å². The Morgan fingerprint density at radius 1 is 1.43 bits per heavy atom. The first-order valence-corrected chi connectivity index (χ1v) is 4.61. The van der Waals surface area contributed by atoms with E-state index in [0.717, 1.165) is 23.2 Å². The molecule has 0 saturated carbocycles. The Bertz CT molecular complexity index is 344. The van der Waals surface area contributed by atoms with Crippen LogP contribution in [0.25, 0.3) is 5.57 Å². The molecule has 0 bridgehead atoms. The largest absolute Gasteiger partial charge is 0.388 e. The van der Waals surface area contributed by atoms with Crippen LogP contribution in [-0.4, -0.2) is 7.05 Å². The predicted octanol–water partition coefficient (Wildman–Crippen LogP) is 3.05. The highest BCUT2D eigenvalue weighted by atomic mass is 14.8. The molecule has 2 heteroatoms. The molecule has 2 nitrogen and oxygen atoms in total. The first-order valence-electron chi connectivity index (χ1n) is 4.61. The van der Waals surface area contributed by atoms with Gasteiger partial charge in [-0.1, -0.05) is 18.7 Å². The summed E-state index contributed by atoms with van der Waals surface area (Å²) in [7, 11) is 1.89. The van der Waals surface area contributed by atoms with Crippen LogP contribution in [0, 0.1) is 11.3 Å². The van der Waals surface area contributed by atoms with E-state index in [-0.39, 0.29) is 0 Å². The lowest BCUT2D eigenvalue weighted by atomic mass is 10.0. The molecule has 0 radical (unpaired) electrons. The fourth-order valence-corrected chi connectivity index (χ4v) is 1.22. The van der Waals surface area contributed by atoms with Crippen LogP contribution in [0.3, 0.4) is 0 Å². The third-order valence-corrected chi connectivity index (χ3v) is 2.12. The summed E-state index contributed by atoms with van der Waals surface area (Å²) in [5.74, 6) is 0. The molecule has 0 saturated heterocycles. The summed E-state index contributed by atoms with van der Waals surface area (Å²) in [5.41, 5.74) is 3.22. The van der Waals surface area contributed by atoms with Gasteiger partial charge in [-0.05, 0) is 29.7 Å². The van der Waals surface area contributed by atoms with Crippen molar-refractivity contribution in [3.63, 3.8) is 0 Å². The lowest BCUT2D eigenvalue weighted by Crippen LogP contribution is -1.88. The van der Waals surface area contributed by atoms with Crippen LogP contribution in [0.1, 0.15) is 18.4 Å². The van der Waals surface area contributed by atoms with Crippen LogP contribution in [0.5, 0.6) is 0 Å². The third-order valence-electron chi connectivity index (χ3n) is 2.12. The molecule has 0 atom stereocenters. The quantitative estimate of drug-likeness (QED) is 0.784. The van der Waals surface area contributed by atoms with Crippen molar-refractivity contribution >= 4 is 11.3 Å². The van der Waals surface area contributed by atoms with Gasteiger partial charge < -0.3 is 5.32 Å². The fourth-order valence-electron chi connectivity index (χ4n) is 1.22. The lowest BCUT2D eigenvalue weighted by Gasteiger charge is -2.05. The second kappa shape index (κ2) is 5.08. The monoisotopic (exact) mass is 186 g/mol. The standard InChI is InChI=1S/C12H14N2/c1-10(4-3-9-13)11-5-7-12(14-2)8-6-11/h5-8,14H,1,3-4H2,2H3. The van der Waals surface area contributed by atoms with Crippen molar-refractivity contribution in [2.45, 2.75) is 12.8 Å². The normalized spacial score (nSPS) is 9.14. The second-order valence-corrected chi connectivity index (χ2v) is 3.09. The molecule has 0 aliphatic heterocycles. The van der Waals surface area contributed by atoms with Crippen molar-refractivity contribution in [2.24, 2.45) is 0 Å². The maximum absolute atomic E-state index is 8.44. The van der Waals surface area contributed by atoms with Gasteiger partial charge in [0.2, 0.25) is 0 Å². The van der Waals surface area contributed by atoms with Crippen LogP contribution in [-0.2, 0) is 0 Å². The summed E-state index contributed by atoms with van der Waals surface area (Å²) < 4.78 is 0. The van der Waals surface area contributed by atoms with Gasteiger partial charge in [0, 0.05) is 19.2 Å². The number of allylic oxidation sites excluding steroid dienone is 1. The van der Waals surface area contributed by atoms with Gasteiger partial charge in [0.05, 0.1) is 6.07 Å². The number of hydrogen-bond donors (Lipinski definition) is 1. The minimum Gasteiger partial charge on any atom is -0.388 e.